The van der Waals surface area contributed by atoms with Crippen molar-refractivity contribution in [2.24, 2.45) is 0 Å². The highest BCUT2D eigenvalue weighted by molar-refractivity contribution is 5.75. The number of rotatable bonds is 8. The lowest BCUT2D eigenvalue weighted by Gasteiger charge is -2.12. The van der Waals surface area contributed by atoms with Crippen LogP contribution in [0.25, 0.3) is 0 Å². The number of aliphatic carboxylic acids is 1. The number of carboxylic acid groups (broad SMARTS) is 1. The van der Waals surface area contributed by atoms with E-state index in [0.29, 0.717) is 18.1 Å². The van der Waals surface area contributed by atoms with Crippen LogP contribution in [0.4, 0.5) is 5.82 Å². The predicted molar refractivity (Wildman–Crippen MR) is 117 cm³/mol. The fourth-order valence-corrected chi connectivity index (χ4v) is 3.30. The number of hydrogen-bond donors (Lipinski definition) is 2. The zero-order valence-electron chi connectivity index (χ0n) is 16.8. The number of pyridine rings is 1. The number of hydrogen-bond acceptors (Lipinski definition) is 5. The molecule has 7 nitrogen and oxygen atoms in total. The molecule has 7 heteroatoms. The van der Waals surface area contributed by atoms with Crippen molar-refractivity contribution in [2.45, 2.75) is 18.9 Å². The maximum atomic E-state index is 11.9. The molecule has 2 aromatic heterocycles. The highest BCUT2D eigenvalue weighted by atomic mass is 16.5. The van der Waals surface area contributed by atoms with Crippen LogP contribution in [0, 0.1) is 0 Å². The summed E-state index contributed by atoms with van der Waals surface area (Å²) in [5.41, 5.74) is 7.86. The van der Waals surface area contributed by atoms with Crippen LogP contribution < -0.4 is 10.5 Å². The summed E-state index contributed by atoms with van der Waals surface area (Å²) in [5.74, 6) is 0.185. The van der Waals surface area contributed by atoms with Gasteiger partial charge in [-0.1, -0.05) is 42.5 Å². The van der Waals surface area contributed by atoms with Crippen LogP contribution in [0.2, 0.25) is 0 Å². The number of carboxylic acids is 1. The molecule has 3 N–H and O–H groups in total. The number of benzene rings is 2. The van der Waals surface area contributed by atoms with Crippen molar-refractivity contribution >= 4 is 11.8 Å². The second-order valence-electron chi connectivity index (χ2n) is 7.18. The molecule has 0 bridgehead atoms. The second-order valence-corrected chi connectivity index (χ2v) is 7.18. The van der Waals surface area contributed by atoms with Crippen molar-refractivity contribution in [3.63, 3.8) is 0 Å². The molecular weight excluding hydrogens is 392 g/mol. The normalized spacial score (nSPS) is 11.7. The van der Waals surface area contributed by atoms with Gasteiger partial charge in [-0.05, 0) is 36.2 Å². The monoisotopic (exact) mass is 414 g/mol. The maximum Gasteiger partial charge on any atom is 0.312 e. The number of carbonyl (C=O) groups is 1. The average molecular weight is 414 g/mol. The molecule has 0 spiro atoms. The molecule has 2 aromatic carbocycles. The van der Waals surface area contributed by atoms with Gasteiger partial charge >= 0.3 is 5.97 Å². The molecule has 0 saturated carbocycles. The summed E-state index contributed by atoms with van der Waals surface area (Å²) in [6.07, 6.45) is 5.29. The molecule has 156 valence electrons. The lowest BCUT2D eigenvalue weighted by Crippen LogP contribution is -2.15. The predicted octanol–water partition coefficient (Wildman–Crippen LogP) is 4.11. The van der Waals surface area contributed by atoms with E-state index in [9.17, 15) is 9.90 Å². The Morgan fingerprint density at radius 3 is 2.55 bits per heavy atom. The molecule has 0 saturated heterocycles. The fraction of sp³-hybridized carbons (Fsp3) is 0.125. The number of ether oxygens (including phenoxy) is 1. The molecule has 31 heavy (non-hydrogen) atoms. The first-order valence-electron chi connectivity index (χ1n) is 9.84. The summed E-state index contributed by atoms with van der Waals surface area (Å²) < 4.78 is 7.88. The van der Waals surface area contributed by atoms with Crippen molar-refractivity contribution in [3.8, 4) is 11.5 Å². The number of anilines is 1. The van der Waals surface area contributed by atoms with E-state index < -0.39 is 11.9 Å². The van der Waals surface area contributed by atoms with Crippen LogP contribution >= 0.6 is 0 Å². The van der Waals surface area contributed by atoms with Crippen LogP contribution in [-0.2, 0) is 17.8 Å². The van der Waals surface area contributed by atoms with E-state index in [1.165, 1.54) is 0 Å². The molecule has 4 rings (SSSR count). The highest BCUT2D eigenvalue weighted by Gasteiger charge is 2.23. The van der Waals surface area contributed by atoms with Crippen molar-refractivity contribution in [1.29, 1.82) is 0 Å². The molecule has 0 radical (unpaired) electrons. The van der Waals surface area contributed by atoms with E-state index in [-0.39, 0.29) is 6.42 Å². The molecule has 0 aliphatic rings. The molecule has 1 atom stereocenters. The largest absolute Gasteiger partial charge is 0.481 e. The van der Waals surface area contributed by atoms with E-state index in [4.69, 9.17) is 10.5 Å². The van der Waals surface area contributed by atoms with Gasteiger partial charge in [-0.25, -0.2) is 9.97 Å². The standard InChI is InChI=1S/C24H22N4O3/c25-23-11-10-17(13-26-23)12-20(24(29)30)21-15-28(16-27-21)14-18-6-4-5-9-22(18)31-19-7-2-1-3-8-19/h1-11,13,15-16,20H,12,14H2,(H2,25,26)(H,29,30). The summed E-state index contributed by atoms with van der Waals surface area (Å²) in [4.78, 5) is 20.3. The van der Waals surface area contributed by atoms with E-state index in [1.54, 1.807) is 30.9 Å². The quantitative estimate of drug-likeness (QED) is 0.450. The average Bonchev–Trinajstić information content (AvgIpc) is 3.23. The number of nitrogen functional groups attached to an aromatic ring is 1. The SMILES string of the molecule is Nc1ccc(CC(C(=O)O)c2cn(Cc3ccccc3Oc3ccccc3)cn2)cn1. The molecule has 0 aliphatic carbocycles. The first-order chi connectivity index (χ1) is 15.1. The van der Waals surface area contributed by atoms with E-state index in [2.05, 4.69) is 9.97 Å². The zero-order valence-corrected chi connectivity index (χ0v) is 16.8. The van der Waals surface area contributed by atoms with E-state index in [0.717, 1.165) is 22.6 Å². The second kappa shape index (κ2) is 9.13. The van der Waals surface area contributed by atoms with Gasteiger partial charge in [0.1, 0.15) is 23.2 Å². The smallest absolute Gasteiger partial charge is 0.312 e. The number of para-hydroxylation sites is 2. The van der Waals surface area contributed by atoms with Crippen molar-refractivity contribution in [3.05, 3.63) is 102 Å². The van der Waals surface area contributed by atoms with Gasteiger partial charge in [-0.3, -0.25) is 4.79 Å². The first kappa shape index (κ1) is 20.2. The van der Waals surface area contributed by atoms with Gasteiger partial charge < -0.3 is 20.1 Å². The molecule has 1 unspecified atom stereocenters. The van der Waals surface area contributed by atoms with E-state index >= 15 is 0 Å². The van der Waals surface area contributed by atoms with Crippen molar-refractivity contribution in [2.75, 3.05) is 5.73 Å². The Morgan fingerprint density at radius 2 is 1.81 bits per heavy atom. The molecule has 0 fully saturated rings. The van der Waals surface area contributed by atoms with Gasteiger partial charge in [-0.2, -0.15) is 0 Å². The number of aromatic nitrogens is 3. The minimum absolute atomic E-state index is 0.285. The lowest BCUT2D eigenvalue weighted by molar-refractivity contribution is -0.138. The Bertz CT molecular complexity index is 1160. The maximum absolute atomic E-state index is 11.9. The molecule has 4 aromatic rings. The summed E-state index contributed by atoms with van der Waals surface area (Å²) >= 11 is 0. The Morgan fingerprint density at radius 1 is 1.03 bits per heavy atom. The molecule has 0 aliphatic heterocycles. The summed E-state index contributed by atoms with van der Waals surface area (Å²) in [5, 5.41) is 9.74. The van der Waals surface area contributed by atoms with Gasteiger partial charge in [0.15, 0.2) is 0 Å². The molecular formula is C24H22N4O3. The third-order valence-corrected chi connectivity index (χ3v) is 4.89. The zero-order chi connectivity index (χ0) is 21.6. The minimum atomic E-state index is -0.935. The number of nitrogens with two attached hydrogens (primary N) is 1. The Kier molecular flexibility index (Phi) is 5.93. The number of imidazole rings is 1. The summed E-state index contributed by atoms with van der Waals surface area (Å²) in [6, 6.07) is 20.8. The summed E-state index contributed by atoms with van der Waals surface area (Å²) in [7, 11) is 0. The lowest BCUT2D eigenvalue weighted by atomic mass is 9.98. The van der Waals surface area contributed by atoms with Crippen molar-refractivity contribution in [1.82, 2.24) is 14.5 Å². The third kappa shape index (κ3) is 5.08. The Balaban J connectivity index is 1.52. The van der Waals surface area contributed by atoms with Crippen LogP contribution in [0.15, 0.2) is 85.5 Å². The van der Waals surface area contributed by atoms with Gasteiger partial charge in [0, 0.05) is 18.0 Å². The van der Waals surface area contributed by atoms with E-state index in [1.807, 2.05) is 59.2 Å². The van der Waals surface area contributed by atoms with Crippen molar-refractivity contribution < 1.29 is 14.6 Å². The summed E-state index contributed by atoms with van der Waals surface area (Å²) in [6.45, 7) is 0.506. The molecule has 0 amide bonds. The van der Waals surface area contributed by atoms with Crippen LogP contribution in [0.3, 0.4) is 0 Å². The topological polar surface area (TPSA) is 103 Å². The minimum Gasteiger partial charge on any atom is -0.481 e. The van der Waals surface area contributed by atoms with Crippen LogP contribution in [-0.4, -0.2) is 25.6 Å². The molecule has 2 heterocycles. The van der Waals surface area contributed by atoms with Crippen LogP contribution in [0.1, 0.15) is 22.7 Å². The Hall–Kier alpha value is -4.13. The number of nitrogens with zero attached hydrogens (tertiary/aromatic N) is 3. The third-order valence-electron chi connectivity index (χ3n) is 4.89. The van der Waals surface area contributed by atoms with Gasteiger partial charge in [0.25, 0.3) is 0 Å². The van der Waals surface area contributed by atoms with Gasteiger partial charge in [0.2, 0.25) is 0 Å². The van der Waals surface area contributed by atoms with Gasteiger partial charge in [-0.15, -0.1) is 0 Å². The highest BCUT2D eigenvalue weighted by Crippen LogP contribution is 2.26. The Labute approximate surface area is 179 Å². The fourth-order valence-electron chi connectivity index (χ4n) is 3.30. The first-order valence-corrected chi connectivity index (χ1v) is 9.84. The van der Waals surface area contributed by atoms with Crippen LogP contribution in [0.5, 0.6) is 11.5 Å². The van der Waals surface area contributed by atoms with Gasteiger partial charge in [0.05, 0.1) is 18.6 Å².